The lowest BCUT2D eigenvalue weighted by molar-refractivity contribution is 0.265. The number of piperidine rings is 1. The molecule has 29 heavy (non-hydrogen) atoms. The molecule has 0 radical (unpaired) electrons. The number of aromatic nitrogens is 3. The van der Waals surface area contributed by atoms with E-state index in [4.69, 9.17) is 4.52 Å². The van der Waals surface area contributed by atoms with Crippen molar-refractivity contribution in [2.24, 2.45) is 0 Å². The molecule has 7 nitrogen and oxygen atoms in total. The van der Waals surface area contributed by atoms with E-state index < -0.39 is 10.0 Å². The predicted octanol–water partition coefficient (Wildman–Crippen LogP) is 3.82. The van der Waals surface area contributed by atoms with Crippen LogP contribution in [0.25, 0.3) is 11.4 Å². The monoisotopic (exact) mass is 412 g/mol. The van der Waals surface area contributed by atoms with Gasteiger partial charge in [-0.1, -0.05) is 31.1 Å². The van der Waals surface area contributed by atoms with Crippen molar-refractivity contribution < 1.29 is 12.9 Å². The van der Waals surface area contributed by atoms with Gasteiger partial charge in [0.1, 0.15) is 0 Å². The summed E-state index contributed by atoms with van der Waals surface area (Å²) in [4.78, 5) is 8.81. The fraction of sp³-hybridized carbons (Fsp3) is 0.381. The Morgan fingerprint density at radius 3 is 2.52 bits per heavy atom. The zero-order valence-corrected chi connectivity index (χ0v) is 17.3. The summed E-state index contributed by atoms with van der Waals surface area (Å²) in [5.74, 6) is 1.22. The highest BCUT2D eigenvalue weighted by Gasteiger charge is 2.33. The smallest absolute Gasteiger partial charge is 0.243 e. The van der Waals surface area contributed by atoms with Crippen molar-refractivity contribution in [3.8, 4) is 11.4 Å². The summed E-state index contributed by atoms with van der Waals surface area (Å²) in [6.45, 7) is 5.01. The second-order valence-corrected chi connectivity index (χ2v) is 9.56. The van der Waals surface area contributed by atoms with Crippen LogP contribution in [-0.2, 0) is 10.0 Å². The summed E-state index contributed by atoms with van der Waals surface area (Å²) < 4.78 is 33.2. The van der Waals surface area contributed by atoms with Gasteiger partial charge in [-0.2, -0.15) is 9.29 Å². The fourth-order valence-corrected chi connectivity index (χ4v) is 5.08. The number of rotatable bonds is 5. The van der Waals surface area contributed by atoms with E-state index in [1.54, 1.807) is 24.5 Å². The minimum atomic E-state index is -3.56. The van der Waals surface area contributed by atoms with Crippen LogP contribution >= 0.6 is 0 Å². The Balaban J connectivity index is 1.53. The third-order valence-corrected chi connectivity index (χ3v) is 7.18. The maximum absolute atomic E-state index is 13.1. The summed E-state index contributed by atoms with van der Waals surface area (Å²) in [6, 6.07) is 10.8. The average Bonchev–Trinajstić information content (AvgIpc) is 3.25. The van der Waals surface area contributed by atoms with Gasteiger partial charge in [-0.3, -0.25) is 4.98 Å². The van der Waals surface area contributed by atoms with Gasteiger partial charge < -0.3 is 4.52 Å². The predicted molar refractivity (Wildman–Crippen MR) is 109 cm³/mol. The summed E-state index contributed by atoms with van der Waals surface area (Å²) in [7, 11) is -3.56. The van der Waals surface area contributed by atoms with Gasteiger partial charge in [-0.25, -0.2) is 8.42 Å². The lowest BCUT2D eigenvalue weighted by atomic mass is 10.00. The standard InChI is InChI=1S/C21H24N4O3S/c1-15(2)16-5-7-19(8-6-16)29(26,27)25-13-3-4-18(14-25)21-23-20(24-28-21)17-9-11-22-12-10-17/h5-12,15,18H,3-4,13-14H2,1-2H3/t18-/m0/s1. The Hall–Kier alpha value is -2.58. The van der Waals surface area contributed by atoms with Crippen LogP contribution in [0.1, 0.15) is 50.0 Å². The molecule has 1 aliphatic heterocycles. The van der Waals surface area contributed by atoms with Crippen molar-refractivity contribution in [3.05, 3.63) is 60.2 Å². The van der Waals surface area contributed by atoms with Gasteiger partial charge >= 0.3 is 0 Å². The zero-order valence-electron chi connectivity index (χ0n) is 16.5. The number of benzene rings is 1. The van der Waals surface area contributed by atoms with Gasteiger partial charge in [-0.15, -0.1) is 0 Å². The maximum atomic E-state index is 13.1. The van der Waals surface area contributed by atoms with Gasteiger partial charge in [0, 0.05) is 31.0 Å². The average molecular weight is 413 g/mol. The molecule has 1 fully saturated rings. The molecule has 1 aromatic carbocycles. The summed E-state index contributed by atoms with van der Waals surface area (Å²) >= 11 is 0. The van der Waals surface area contributed by atoms with E-state index >= 15 is 0 Å². The molecule has 0 amide bonds. The van der Waals surface area contributed by atoms with Crippen LogP contribution < -0.4 is 0 Å². The van der Waals surface area contributed by atoms with Crippen LogP contribution in [0.15, 0.2) is 58.2 Å². The third kappa shape index (κ3) is 4.09. The first-order valence-corrected chi connectivity index (χ1v) is 11.2. The molecule has 3 heterocycles. The second kappa shape index (κ2) is 8.04. The summed E-state index contributed by atoms with van der Waals surface area (Å²) in [5, 5.41) is 4.05. The van der Waals surface area contributed by atoms with Gasteiger partial charge in [0.25, 0.3) is 0 Å². The molecule has 0 spiro atoms. The number of pyridine rings is 1. The molecule has 0 unspecified atom stereocenters. The number of hydrogen-bond acceptors (Lipinski definition) is 6. The van der Waals surface area contributed by atoms with E-state index in [0.29, 0.717) is 35.6 Å². The van der Waals surface area contributed by atoms with Gasteiger partial charge in [0.05, 0.1) is 10.8 Å². The van der Waals surface area contributed by atoms with Gasteiger partial charge in [0.15, 0.2) is 0 Å². The molecule has 152 valence electrons. The minimum Gasteiger partial charge on any atom is -0.339 e. The first-order valence-electron chi connectivity index (χ1n) is 9.79. The van der Waals surface area contributed by atoms with Gasteiger partial charge in [-0.05, 0) is 48.6 Å². The van der Waals surface area contributed by atoms with Crippen molar-refractivity contribution in [1.29, 1.82) is 0 Å². The highest BCUT2D eigenvalue weighted by Crippen LogP contribution is 2.31. The van der Waals surface area contributed by atoms with E-state index in [0.717, 1.165) is 24.0 Å². The summed E-state index contributed by atoms with van der Waals surface area (Å²) in [6.07, 6.45) is 4.91. The molecular weight excluding hydrogens is 388 g/mol. The van der Waals surface area contributed by atoms with Crippen LogP contribution in [0.2, 0.25) is 0 Å². The van der Waals surface area contributed by atoms with E-state index in [1.807, 2.05) is 24.3 Å². The van der Waals surface area contributed by atoms with E-state index in [-0.39, 0.29) is 5.92 Å². The molecule has 1 saturated heterocycles. The Morgan fingerprint density at radius 2 is 1.83 bits per heavy atom. The zero-order chi connectivity index (χ0) is 20.4. The third-order valence-electron chi connectivity index (χ3n) is 5.30. The molecular formula is C21H24N4O3S. The first-order chi connectivity index (χ1) is 13.9. The molecule has 4 rings (SSSR count). The van der Waals surface area contributed by atoms with Crippen LogP contribution in [0.4, 0.5) is 0 Å². The molecule has 0 aliphatic carbocycles. The topological polar surface area (TPSA) is 89.2 Å². The summed E-state index contributed by atoms with van der Waals surface area (Å²) in [5.41, 5.74) is 1.94. The van der Waals surface area contributed by atoms with Crippen LogP contribution in [0.3, 0.4) is 0 Å². The maximum Gasteiger partial charge on any atom is 0.243 e. The Kier molecular flexibility index (Phi) is 5.47. The van der Waals surface area contributed by atoms with Crippen LogP contribution in [-0.4, -0.2) is 40.9 Å². The molecule has 0 saturated carbocycles. The largest absolute Gasteiger partial charge is 0.339 e. The SMILES string of the molecule is CC(C)c1ccc(S(=O)(=O)N2CCC[C@H](c3nc(-c4ccncc4)no3)C2)cc1. The van der Waals surface area contributed by atoms with Crippen molar-refractivity contribution in [1.82, 2.24) is 19.4 Å². The number of sulfonamides is 1. The van der Waals surface area contributed by atoms with Crippen LogP contribution in [0.5, 0.6) is 0 Å². The van der Waals surface area contributed by atoms with Crippen molar-refractivity contribution in [2.45, 2.75) is 43.4 Å². The normalized spacial score (nSPS) is 18.2. The van der Waals surface area contributed by atoms with Crippen LogP contribution in [0, 0.1) is 0 Å². The van der Waals surface area contributed by atoms with E-state index in [9.17, 15) is 8.42 Å². The Morgan fingerprint density at radius 1 is 1.10 bits per heavy atom. The van der Waals surface area contributed by atoms with Crippen molar-refractivity contribution >= 4 is 10.0 Å². The molecule has 3 aromatic rings. The number of nitrogens with zero attached hydrogens (tertiary/aromatic N) is 4. The van der Waals surface area contributed by atoms with Gasteiger partial charge in [0.2, 0.25) is 21.7 Å². The first kappa shape index (κ1) is 19.7. The Bertz CT molecular complexity index is 1060. The molecule has 8 heteroatoms. The van der Waals surface area contributed by atoms with Crippen molar-refractivity contribution in [2.75, 3.05) is 13.1 Å². The quantitative estimate of drug-likeness (QED) is 0.633. The lowest BCUT2D eigenvalue weighted by Gasteiger charge is -2.30. The molecule has 2 aromatic heterocycles. The van der Waals surface area contributed by atoms with E-state index in [2.05, 4.69) is 29.0 Å². The molecule has 1 atom stereocenters. The van der Waals surface area contributed by atoms with E-state index in [1.165, 1.54) is 4.31 Å². The van der Waals surface area contributed by atoms with Crippen molar-refractivity contribution in [3.63, 3.8) is 0 Å². The Labute approximate surface area is 170 Å². The second-order valence-electron chi connectivity index (χ2n) is 7.62. The molecule has 0 N–H and O–H groups in total. The minimum absolute atomic E-state index is 0.114. The molecule has 0 bridgehead atoms. The lowest BCUT2D eigenvalue weighted by Crippen LogP contribution is -2.39. The molecule has 1 aliphatic rings. The fourth-order valence-electron chi connectivity index (χ4n) is 3.56. The number of hydrogen-bond donors (Lipinski definition) is 0. The highest BCUT2D eigenvalue weighted by atomic mass is 32.2. The highest BCUT2D eigenvalue weighted by molar-refractivity contribution is 7.89.